The molecular formula is C19H19F4NO3. The van der Waals surface area contributed by atoms with Gasteiger partial charge in [-0.25, -0.2) is 4.39 Å². The van der Waals surface area contributed by atoms with Gasteiger partial charge in [-0.3, -0.25) is 14.4 Å². The largest absolute Gasteiger partial charge is 0.419 e. The van der Waals surface area contributed by atoms with E-state index in [9.17, 15) is 31.9 Å². The number of carbonyl (C=O) groups excluding carboxylic acids is 3. The zero-order valence-electron chi connectivity index (χ0n) is 15.0. The zero-order chi connectivity index (χ0) is 20.4. The van der Waals surface area contributed by atoms with Crippen molar-refractivity contribution in [3.05, 3.63) is 29.6 Å². The van der Waals surface area contributed by atoms with Crippen molar-refractivity contribution in [2.45, 2.75) is 39.8 Å². The minimum Gasteiger partial charge on any atom is -0.325 e. The first-order valence-electron chi connectivity index (χ1n) is 8.56. The fourth-order valence-electron chi connectivity index (χ4n) is 4.37. The molecule has 2 unspecified atom stereocenters. The molecule has 8 heteroatoms. The molecule has 0 saturated heterocycles. The summed E-state index contributed by atoms with van der Waals surface area (Å²) >= 11 is 0. The SMILES string of the molecule is CC1(C)C2CC[C@@]1(C)C(=O)C(C(=O)Nc1ccc(F)c(C(F)(F)F)c1)C2=O. The number of rotatable bonds is 2. The third-order valence-corrected chi connectivity index (χ3v) is 6.46. The molecule has 0 aliphatic heterocycles. The van der Waals surface area contributed by atoms with Gasteiger partial charge in [0.05, 0.1) is 5.56 Å². The Bertz CT molecular complexity index is 846. The van der Waals surface area contributed by atoms with Gasteiger partial charge < -0.3 is 5.32 Å². The maximum Gasteiger partial charge on any atom is 0.419 e. The van der Waals surface area contributed by atoms with Gasteiger partial charge in [0.15, 0.2) is 17.5 Å². The van der Waals surface area contributed by atoms with Crippen LogP contribution >= 0.6 is 0 Å². The first kappa shape index (κ1) is 19.5. The Kier molecular flexibility index (Phi) is 4.24. The summed E-state index contributed by atoms with van der Waals surface area (Å²) < 4.78 is 51.9. The molecule has 1 N–H and O–H groups in total. The zero-order valence-corrected chi connectivity index (χ0v) is 15.0. The first-order chi connectivity index (χ1) is 12.3. The molecule has 27 heavy (non-hydrogen) atoms. The number of nitrogens with one attached hydrogen (secondary N) is 1. The molecule has 4 nitrogen and oxygen atoms in total. The molecule has 2 bridgehead atoms. The number of benzene rings is 1. The van der Waals surface area contributed by atoms with Crippen molar-refractivity contribution in [3.8, 4) is 0 Å². The third kappa shape index (κ3) is 2.76. The van der Waals surface area contributed by atoms with Crippen LogP contribution in [0.25, 0.3) is 0 Å². The molecule has 2 fully saturated rings. The Hall–Kier alpha value is -2.25. The van der Waals surface area contributed by atoms with Crippen LogP contribution in [0, 0.1) is 28.5 Å². The molecule has 2 aliphatic carbocycles. The van der Waals surface area contributed by atoms with E-state index in [4.69, 9.17) is 0 Å². The summed E-state index contributed by atoms with van der Waals surface area (Å²) in [5.74, 6) is -5.49. The number of anilines is 1. The van der Waals surface area contributed by atoms with Crippen molar-refractivity contribution in [1.29, 1.82) is 0 Å². The van der Waals surface area contributed by atoms with E-state index >= 15 is 0 Å². The summed E-state index contributed by atoms with van der Waals surface area (Å²) in [4.78, 5) is 38.2. The van der Waals surface area contributed by atoms with Crippen LogP contribution in [0.1, 0.15) is 39.2 Å². The number of alkyl halides is 3. The van der Waals surface area contributed by atoms with Gasteiger partial charge in [0, 0.05) is 17.0 Å². The molecule has 1 aromatic carbocycles. The lowest BCUT2D eigenvalue weighted by Crippen LogP contribution is -2.56. The molecule has 1 aromatic rings. The monoisotopic (exact) mass is 385 g/mol. The molecule has 3 rings (SSSR count). The number of ketones is 2. The predicted molar refractivity (Wildman–Crippen MR) is 88.1 cm³/mol. The van der Waals surface area contributed by atoms with Gasteiger partial charge in [0.1, 0.15) is 5.82 Å². The normalized spacial score (nSPS) is 29.7. The average molecular weight is 385 g/mol. The lowest BCUT2D eigenvalue weighted by molar-refractivity contribution is -0.156. The fourth-order valence-corrected chi connectivity index (χ4v) is 4.37. The van der Waals surface area contributed by atoms with E-state index in [0.29, 0.717) is 25.0 Å². The summed E-state index contributed by atoms with van der Waals surface area (Å²) in [5.41, 5.74) is -3.29. The Morgan fingerprint density at radius 1 is 1.19 bits per heavy atom. The molecule has 1 amide bonds. The molecule has 2 aliphatic rings. The van der Waals surface area contributed by atoms with Gasteiger partial charge >= 0.3 is 6.18 Å². The van der Waals surface area contributed by atoms with Crippen molar-refractivity contribution >= 4 is 23.2 Å². The van der Waals surface area contributed by atoms with E-state index in [1.807, 2.05) is 13.8 Å². The standard InChI is InChI=1S/C19H19F4NO3/c1-17(2)10-6-7-18(17,3)15(26)13(14(10)25)16(27)24-9-4-5-12(20)11(8-9)19(21,22)23/h4-5,8,10,13H,6-7H2,1-3H3,(H,24,27)/t10?,13?,18-/m0/s1. The summed E-state index contributed by atoms with van der Waals surface area (Å²) in [5, 5.41) is 2.18. The maximum atomic E-state index is 13.4. The van der Waals surface area contributed by atoms with Gasteiger partial charge in [-0.1, -0.05) is 20.8 Å². The summed E-state index contributed by atoms with van der Waals surface area (Å²) in [6.45, 7) is 5.37. The quantitative estimate of drug-likeness (QED) is 0.618. The Labute approximate surface area is 153 Å². The van der Waals surface area contributed by atoms with Crippen LogP contribution in [0.2, 0.25) is 0 Å². The van der Waals surface area contributed by atoms with Crippen molar-refractivity contribution in [3.63, 3.8) is 0 Å². The minimum absolute atomic E-state index is 0.323. The van der Waals surface area contributed by atoms with Crippen molar-refractivity contribution < 1.29 is 31.9 Å². The Morgan fingerprint density at radius 3 is 2.41 bits per heavy atom. The number of fused-ring (bicyclic) bond motifs is 2. The van der Waals surface area contributed by atoms with E-state index < -0.39 is 57.7 Å². The van der Waals surface area contributed by atoms with Crippen LogP contribution in [0.3, 0.4) is 0 Å². The smallest absolute Gasteiger partial charge is 0.325 e. The predicted octanol–water partition coefficient (Wildman–Crippen LogP) is 3.99. The van der Waals surface area contributed by atoms with Crippen molar-refractivity contribution in [1.82, 2.24) is 0 Å². The van der Waals surface area contributed by atoms with Gasteiger partial charge in [-0.2, -0.15) is 13.2 Å². The number of carbonyl (C=O) groups is 3. The van der Waals surface area contributed by atoms with E-state index in [1.54, 1.807) is 6.92 Å². The van der Waals surface area contributed by atoms with E-state index in [2.05, 4.69) is 5.32 Å². The summed E-state index contributed by atoms with van der Waals surface area (Å²) in [6, 6.07) is 1.99. The molecule has 3 atom stereocenters. The summed E-state index contributed by atoms with van der Waals surface area (Å²) in [7, 11) is 0. The van der Waals surface area contributed by atoms with Crippen molar-refractivity contribution in [2.75, 3.05) is 5.32 Å². The highest BCUT2D eigenvalue weighted by molar-refractivity contribution is 6.25. The highest BCUT2D eigenvalue weighted by Crippen LogP contribution is 2.61. The maximum absolute atomic E-state index is 13.4. The second-order valence-electron chi connectivity index (χ2n) is 8.03. The topological polar surface area (TPSA) is 63.2 Å². The lowest BCUT2D eigenvalue weighted by atomic mass is 9.55. The van der Waals surface area contributed by atoms with E-state index in [1.165, 1.54) is 0 Å². The number of halogens is 4. The number of hydrogen-bond acceptors (Lipinski definition) is 3. The second-order valence-corrected chi connectivity index (χ2v) is 8.03. The van der Waals surface area contributed by atoms with Gasteiger partial charge in [0.25, 0.3) is 0 Å². The van der Waals surface area contributed by atoms with Gasteiger partial charge in [-0.05, 0) is 36.5 Å². The number of hydrogen-bond donors (Lipinski definition) is 1. The van der Waals surface area contributed by atoms with Crippen LogP contribution < -0.4 is 5.32 Å². The molecule has 0 radical (unpaired) electrons. The highest BCUT2D eigenvalue weighted by atomic mass is 19.4. The van der Waals surface area contributed by atoms with E-state index in [0.717, 1.165) is 6.07 Å². The van der Waals surface area contributed by atoms with Gasteiger partial charge in [-0.15, -0.1) is 0 Å². The highest BCUT2D eigenvalue weighted by Gasteiger charge is 2.66. The van der Waals surface area contributed by atoms with Crippen molar-refractivity contribution in [2.24, 2.45) is 22.7 Å². The molecular weight excluding hydrogens is 366 g/mol. The molecule has 0 heterocycles. The second kappa shape index (κ2) is 5.87. The molecule has 0 aromatic heterocycles. The van der Waals surface area contributed by atoms with Crippen LogP contribution in [-0.4, -0.2) is 17.5 Å². The van der Waals surface area contributed by atoms with Crippen LogP contribution in [0.5, 0.6) is 0 Å². The first-order valence-corrected chi connectivity index (χ1v) is 8.56. The number of Topliss-reactive ketones (excluding diaryl/α,β-unsaturated/α-hetero) is 2. The van der Waals surface area contributed by atoms with Crippen LogP contribution in [-0.2, 0) is 20.6 Å². The molecule has 146 valence electrons. The van der Waals surface area contributed by atoms with E-state index in [-0.39, 0.29) is 5.69 Å². The average Bonchev–Trinajstić information content (AvgIpc) is 2.72. The lowest BCUT2D eigenvalue weighted by Gasteiger charge is -2.46. The Balaban J connectivity index is 1.90. The molecule has 2 saturated carbocycles. The minimum atomic E-state index is -4.93. The Morgan fingerprint density at radius 2 is 1.81 bits per heavy atom. The summed E-state index contributed by atoms with van der Waals surface area (Å²) in [6.07, 6.45) is -3.96. The third-order valence-electron chi connectivity index (χ3n) is 6.46. The molecule has 0 spiro atoms. The van der Waals surface area contributed by atoms with Crippen LogP contribution in [0.15, 0.2) is 18.2 Å². The number of amides is 1. The van der Waals surface area contributed by atoms with Crippen LogP contribution in [0.4, 0.5) is 23.2 Å². The fraction of sp³-hybridized carbons (Fsp3) is 0.526. The van der Waals surface area contributed by atoms with Gasteiger partial charge in [0.2, 0.25) is 5.91 Å².